The molecule has 2 N–H and O–H groups in total. The molecule has 0 aliphatic carbocycles. The van der Waals surface area contributed by atoms with Gasteiger partial charge in [0.1, 0.15) is 0 Å². The maximum absolute atomic E-state index is 12.2. The second-order valence-corrected chi connectivity index (χ2v) is 5.54. The van der Waals surface area contributed by atoms with Crippen LogP contribution in [0, 0.1) is 13.8 Å². The van der Waals surface area contributed by atoms with Gasteiger partial charge in [-0.25, -0.2) is 0 Å². The molecule has 2 aromatic rings. The topological polar surface area (TPSA) is 87.5 Å². The highest BCUT2D eigenvalue weighted by atomic mass is 16.5. The summed E-state index contributed by atoms with van der Waals surface area (Å²) in [5.74, 6) is -0.0637. The van der Waals surface area contributed by atoms with Crippen LogP contribution < -0.4 is 10.6 Å². The fourth-order valence-electron chi connectivity index (χ4n) is 1.90. The molecule has 0 radical (unpaired) electrons. The Morgan fingerprint density at radius 1 is 1.13 bits per heavy atom. The highest BCUT2D eigenvalue weighted by Crippen LogP contribution is 2.18. The summed E-state index contributed by atoms with van der Waals surface area (Å²) in [5, 5.41) is 9.22. The Bertz CT molecular complexity index is 705. The molecule has 1 aromatic carbocycles. The van der Waals surface area contributed by atoms with Crippen molar-refractivity contribution < 1.29 is 14.1 Å². The molecule has 1 heterocycles. The van der Waals surface area contributed by atoms with Crippen molar-refractivity contribution in [3.05, 3.63) is 41.1 Å². The van der Waals surface area contributed by atoms with Crippen LogP contribution in [0.5, 0.6) is 0 Å². The van der Waals surface area contributed by atoms with Crippen LogP contribution in [0.1, 0.15) is 21.6 Å². The standard InChI is InChI=1S/C16H20N4O3/c1-10-11(2)19-23-16(10)18-15(22)12-5-7-13(8-6-12)17-14(21)9-20(3)4/h5-8H,9H2,1-4H3,(H,17,21)(H,18,22). The largest absolute Gasteiger partial charge is 0.338 e. The number of carbonyl (C=O) groups is 2. The van der Waals surface area contributed by atoms with Crippen LogP contribution in [0.15, 0.2) is 28.8 Å². The molecule has 1 aromatic heterocycles. The van der Waals surface area contributed by atoms with Crippen molar-refractivity contribution in [1.82, 2.24) is 10.1 Å². The van der Waals surface area contributed by atoms with Crippen LogP contribution in [0.4, 0.5) is 11.6 Å². The first-order chi connectivity index (χ1) is 10.9. The molecule has 0 atom stereocenters. The van der Waals surface area contributed by atoms with Crippen LogP contribution in [0.25, 0.3) is 0 Å². The summed E-state index contributed by atoms with van der Waals surface area (Å²) in [4.78, 5) is 25.6. The minimum atomic E-state index is -0.296. The molecule has 0 saturated heterocycles. The van der Waals surface area contributed by atoms with Crippen molar-refractivity contribution in [2.24, 2.45) is 0 Å². The summed E-state index contributed by atoms with van der Waals surface area (Å²) in [6.07, 6.45) is 0. The first kappa shape index (κ1) is 16.7. The third-order valence-electron chi connectivity index (χ3n) is 3.27. The van der Waals surface area contributed by atoms with E-state index in [4.69, 9.17) is 4.52 Å². The highest BCUT2D eigenvalue weighted by molar-refractivity contribution is 6.04. The number of carbonyl (C=O) groups excluding carboxylic acids is 2. The van der Waals surface area contributed by atoms with Gasteiger partial charge < -0.3 is 14.7 Å². The Morgan fingerprint density at radius 2 is 1.78 bits per heavy atom. The zero-order chi connectivity index (χ0) is 17.0. The summed E-state index contributed by atoms with van der Waals surface area (Å²) in [5.41, 5.74) is 2.63. The van der Waals surface area contributed by atoms with Crippen LogP contribution in [-0.2, 0) is 4.79 Å². The SMILES string of the molecule is Cc1noc(NC(=O)c2ccc(NC(=O)CN(C)C)cc2)c1C. The lowest BCUT2D eigenvalue weighted by Crippen LogP contribution is -2.27. The number of benzene rings is 1. The first-order valence-electron chi connectivity index (χ1n) is 7.15. The molecule has 2 amide bonds. The second kappa shape index (κ2) is 7.06. The molecule has 2 rings (SSSR count). The molecule has 7 heteroatoms. The van der Waals surface area contributed by atoms with Gasteiger partial charge in [-0.15, -0.1) is 0 Å². The normalized spacial score (nSPS) is 10.7. The van der Waals surface area contributed by atoms with Crippen LogP contribution in [-0.4, -0.2) is 42.5 Å². The van der Waals surface area contributed by atoms with Gasteiger partial charge in [-0.3, -0.25) is 14.9 Å². The van der Waals surface area contributed by atoms with E-state index in [1.54, 1.807) is 36.1 Å². The Kier molecular flexibility index (Phi) is 5.13. The fourth-order valence-corrected chi connectivity index (χ4v) is 1.90. The van der Waals surface area contributed by atoms with Crippen LogP contribution in [0.2, 0.25) is 0 Å². The van der Waals surface area contributed by atoms with Gasteiger partial charge in [-0.1, -0.05) is 5.16 Å². The fraction of sp³-hybridized carbons (Fsp3) is 0.312. The molecular formula is C16H20N4O3. The molecule has 23 heavy (non-hydrogen) atoms. The van der Waals surface area contributed by atoms with E-state index in [-0.39, 0.29) is 11.8 Å². The van der Waals surface area contributed by atoms with Crippen molar-refractivity contribution >= 4 is 23.4 Å². The van der Waals surface area contributed by atoms with Crippen LogP contribution >= 0.6 is 0 Å². The van der Waals surface area contributed by atoms with E-state index in [9.17, 15) is 9.59 Å². The summed E-state index contributed by atoms with van der Waals surface area (Å²) in [6, 6.07) is 6.64. The molecule has 7 nitrogen and oxygen atoms in total. The van der Waals surface area contributed by atoms with Gasteiger partial charge in [0, 0.05) is 16.8 Å². The van der Waals surface area contributed by atoms with Crippen molar-refractivity contribution in [3.8, 4) is 0 Å². The smallest absolute Gasteiger partial charge is 0.258 e. The van der Waals surface area contributed by atoms with E-state index in [1.165, 1.54) is 0 Å². The van der Waals surface area contributed by atoms with Gasteiger partial charge in [0.15, 0.2) is 0 Å². The summed E-state index contributed by atoms with van der Waals surface area (Å²) < 4.78 is 5.06. The van der Waals surface area contributed by atoms with E-state index in [0.29, 0.717) is 23.7 Å². The number of aromatic nitrogens is 1. The third-order valence-corrected chi connectivity index (χ3v) is 3.27. The number of amides is 2. The molecule has 0 aliphatic rings. The molecule has 0 spiro atoms. The molecular weight excluding hydrogens is 296 g/mol. The van der Waals surface area contributed by atoms with Gasteiger partial charge in [0.25, 0.3) is 5.91 Å². The van der Waals surface area contributed by atoms with Crippen molar-refractivity contribution in [1.29, 1.82) is 0 Å². The van der Waals surface area contributed by atoms with E-state index >= 15 is 0 Å². The average Bonchev–Trinajstić information content (AvgIpc) is 2.79. The van der Waals surface area contributed by atoms with Crippen molar-refractivity contribution in [2.75, 3.05) is 31.3 Å². The lowest BCUT2D eigenvalue weighted by Gasteiger charge is -2.10. The monoisotopic (exact) mass is 316 g/mol. The summed E-state index contributed by atoms with van der Waals surface area (Å²) in [6.45, 7) is 3.93. The number of hydrogen-bond acceptors (Lipinski definition) is 5. The third kappa shape index (κ3) is 4.40. The van der Waals surface area contributed by atoms with Crippen molar-refractivity contribution in [2.45, 2.75) is 13.8 Å². The van der Waals surface area contributed by atoms with Crippen molar-refractivity contribution in [3.63, 3.8) is 0 Å². The quantitative estimate of drug-likeness (QED) is 0.881. The molecule has 0 fully saturated rings. The predicted octanol–water partition coefficient (Wildman–Crippen LogP) is 2.04. The number of nitrogens with zero attached hydrogens (tertiary/aromatic N) is 2. The van der Waals surface area contributed by atoms with E-state index in [0.717, 1.165) is 11.3 Å². The second-order valence-electron chi connectivity index (χ2n) is 5.54. The van der Waals surface area contributed by atoms with Crippen LogP contribution in [0.3, 0.4) is 0 Å². The Morgan fingerprint density at radius 3 is 2.30 bits per heavy atom. The van der Waals surface area contributed by atoms with Gasteiger partial charge in [-0.2, -0.15) is 0 Å². The minimum Gasteiger partial charge on any atom is -0.338 e. The minimum absolute atomic E-state index is 0.111. The summed E-state index contributed by atoms with van der Waals surface area (Å²) in [7, 11) is 3.64. The molecule has 0 saturated carbocycles. The number of rotatable bonds is 5. The van der Waals surface area contributed by atoms with Gasteiger partial charge in [-0.05, 0) is 52.2 Å². The maximum Gasteiger partial charge on any atom is 0.258 e. The lowest BCUT2D eigenvalue weighted by molar-refractivity contribution is -0.116. The first-order valence-corrected chi connectivity index (χ1v) is 7.15. The average molecular weight is 316 g/mol. The van der Waals surface area contributed by atoms with Gasteiger partial charge in [0.05, 0.1) is 12.2 Å². The zero-order valence-corrected chi connectivity index (χ0v) is 13.6. The number of likely N-dealkylation sites (N-methyl/N-ethyl adjacent to an activating group) is 1. The Balaban J connectivity index is 2.00. The van der Waals surface area contributed by atoms with Gasteiger partial charge in [0.2, 0.25) is 11.8 Å². The van der Waals surface area contributed by atoms with Gasteiger partial charge >= 0.3 is 0 Å². The molecule has 122 valence electrons. The van der Waals surface area contributed by atoms with E-state index in [2.05, 4.69) is 15.8 Å². The lowest BCUT2D eigenvalue weighted by atomic mass is 10.2. The molecule has 0 aliphatic heterocycles. The zero-order valence-electron chi connectivity index (χ0n) is 13.6. The Hall–Kier alpha value is -2.67. The molecule has 0 bridgehead atoms. The van der Waals surface area contributed by atoms with E-state index < -0.39 is 0 Å². The summed E-state index contributed by atoms with van der Waals surface area (Å²) >= 11 is 0. The number of aryl methyl sites for hydroxylation is 1. The predicted molar refractivity (Wildman–Crippen MR) is 87.6 cm³/mol. The highest BCUT2D eigenvalue weighted by Gasteiger charge is 2.13. The van der Waals surface area contributed by atoms with E-state index in [1.807, 2.05) is 21.0 Å². The number of hydrogen-bond donors (Lipinski definition) is 2. The Labute approximate surface area is 134 Å². The maximum atomic E-state index is 12.2. The number of nitrogens with one attached hydrogen (secondary N) is 2. The molecule has 0 unspecified atom stereocenters. The number of anilines is 2.